The zero-order chi connectivity index (χ0) is 12.4. The molecule has 1 aromatic rings. The summed E-state index contributed by atoms with van der Waals surface area (Å²) in [7, 11) is 0. The maximum atomic E-state index is 6.27. The topological polar surface area (TPSA) is 44.5 Å². The molecule has 0 spiro atoms. The van der Waals surface area contributed by atoms with Gasteiger partial charge in [0.25, 0.3) is 0 Å². The van der Waals surface area contributed by atoms with Crippen molar-refractivity contribution in [2.24, 2.45) is 5.73 Å². The van der Waals surface area contributed by atoms with Crippen LogP contribution in [-0.2, 0) is 22.7 Å². The van der Waals surface area contributed by atoms with Crippen molar-refractivity contribution >= 4 is 0 Å². The molecule has 1 saturated heterocycles. The van der Waals surface area contributed by atoms with Gasteiger partial charge in [0.05, 0.1) is 19.3 Å². The predicted molar refractivity (Wildman–Crippen MR) is 70.1 cm³/mol. The van der Waals surface area contributed by atoms with E-state index in [2.05, 4.69) is 18.2 Å². The fourth-order valence-electron chi connectivity index (χ4n) is 2.83. The molecule has 0 aliphatic carbocycles. The Bertz CT molecular complexity index is 413. The van der Waals surface area contributed by atoms with E-state index in [4.69, 9.17) is 15.2 Å². The highest BCUT2D eigenvalue weighted by atomic mass is 16.5. The highest BCUT2D eigenvalue weighted by Crippen LogP contribution is 2.26. The molecule has 0 saturated carbocycles. The SMILES string of the molecule is NC(CCC1CCCO1)c1ccc2c(c1)COC2. The van der Waals surface area contributed by atoms with Crippen LogP contribution in [0.2, 0.25) is 0 Å². The number of hydrogen-bond donors (Lipinski definition) is 1. The Morgan fingerprint density at radius 1 is 1.28 bits per heavy atom. The average molecular weight is 247 g/mol. The van der Waals surface area contributed by atoms with E-state index in [1.165, 1.54) is 29.5 Å². The second kappa shape index (κ2) is 5.39. The lowest BCUT2D eigenvalue weighted by molar-refractivity contribution is 0.101. The summed E-state index contributed by atoms with van der Waals surface area (Å²) in [6.07, 6.45) is 4.92. The van der Waals surface area contributed by atoms with Gasteiger partial charge in [-0.1, -0.05) is 18.2 Å². The van der Waals surface area contributed by atoms with Crippen molar-refractivity contribution in [3.63, 3.8) is 0 Å². The zero-order valence-corrected chi connectivity index (χ0v) is 10.7. The Labute approximate surface area is 108 Å². The van der Waals surface area contributed by atoms with E-state index in [0.29, 0.717) is 6.10 Å². The van der Waals surface area contributed by atoms with Crippen LogP contribution in [0.15, 0.2) is 18.2 Å². The normalized spacial score (nSPS) is 24.2. The number of benzene rings is 1. The first kappa shape index (κ1) is 12.2. The third-order valence-electron chi connectivity index (χ3n) is 4.00. The van der Waals surface area contributed by atoms with Gasteiger partial charge in [0.1, 0.15) is 0 Å². The van der Waals surface area contributed by atoms with Gasteiger partial charge in [-0.3, -0.25) is 0 Å². The van der Waals surface area contributed by atoms with E-state index in [1.807, 2.05) is 0 Å². The average Bonchev–Trinajstić information content (AvgIpc) is 3.05. The molecule has 2 aliphatic heterocycles. The summed E-state index contributed by atoms with van der Waals surface area (Å²) < 4.78 is 11.1. The molecule has 2 atom stereocenters. The summed E-state index contributed by atoms with van der Waals surface area (Å²) in [6, 6.07) is 6.64. The van der Waals surface area contributed by atoms with Crippen LogP contribution in [0.4, 0.5) is 0 Å². The van der Waals surface area contributed by atoms with Gasteiger partial charge in [0.15, 0.2) is 0 Å². The quantitative estimate of drug-likeness (QED) is 0.889. The summed E-state index contributed by atoms with van der Waals surface area (Å²) in [5.74, 6) is 0. The number of hydrogen-bond acceptors (Lipinski definition) is 3. The van der Waals surface area contributed by atoms with E-state index in [0.717, 1.165) is 32.7 Å². The van der Waals surface area contributed by atoms with Crippen LogP contribution in [0.3, 0.4) is 0 Å². The first-order valence-electron chi connectivity index (χ1n) is 6.89. The lowest BCUT2D eigenvalue weighted by Gasteiger charge is -2.15. The van der Waals surface area contributed by atoms with Crippen molar-refractivity contribution in [3.8, 4) is 0 Å². The minimum absolute atomic E-state index is 0.125. The van der Waals surface area contributed by atoms with Gasteiger partial charge in [-0.25, -0.2) is 0 Å². The zero-order valence-electron chi connectivity index (χ0n) is 10.7. The van der Waals surface area contributed by atoms with Gasteiger partial charge < -0.3 is 15.2 Å². The Kier molecular flexibility index (Phi) is 3.64. The molecular weight excluding hydrogens is 226 g/mol. The second-order valence-electron chi connectivity index (χ2n) is 5.34. The van der Waals surface area contributed by atoms with Crippen LogP contribution < -0.4 is 5.73 Å². The summed E-state index contributed by atoms with van der Waals surface area (Å²) in [4.78, 5) is 0. The molecule has 0 radical (unpaired) electrons. The second-order valence-corrected chi connectivity index (χ2v) is 5.34. The minimum atomic E-state index is 0.125. The van der Waals surface area contributed by atoms with Gasteiger partial charge in [-0.05, 0) is 42.4 Å². The molecular formula is C15H21NO2. The first-order chi connectivity index (χ1) is 8.83. The maximum Gasteiger partial charge on any atom is 0.0725 e. The summed E-state index contributed by atoms with van der Waals surface area (Å²) in [5, 5.41) is 0. The van der Waals surface area contributed by atoms with Gasteiger partial charge >= 0.3 is 0 Å². The van der Waals surface area contributed by atoms with Crippen LogP contribution >= 0.6 is 0 Å². The van der Waals surface area contributed by atoms with Crippen molar-refractivity contribution < 1.29 is 9.47 Å². The van der Waals surface area contributed by atoms with Crippen LogP contribution in [-0.4, -0.2) is 12.7 Å². The third-order valence-corrected chi connectivity index (χ3v) is 4.00. The molecule has 2 unspecified atom stereocenters. The fraction of sp³-hybridized carbons (Fsp3) is 0.600. The lowest BCUT2D eigenvalue weighted by atomic mass is 9.97. The highest BCUT2D eigenvalue weighted by Gasteiger charge is 2.18. The standard InChI is InChI=1S/C15H21NO2/c16-15(6-5-14-2-1-7-18-14)11-3-4-12-9-17-10-13(12)8-11/h3-4,8,14-15H,1-2,5-7,9-10,16H2. The van der Waals surface area contributed by atoms with Crippen molar-refractivity contribution in [1.29, 1.82) is 0 Å². The first-order valence-corrected chi connectivity index (χ1v) is 6.89. The van der Waals surface area contributed by atoms with Crippen LogP contribution in [0.25, 0.3) is 0 Å². The van der Waals surface area contributed by atoms with Crippen LogP contribution in [0.1, 0.15) is 48.4 Å². The van der Waals surface area contributed by atoms with Gasteiger partial charge in [0.2, 0.25) is 0 Å². The molecule has 2 N–H and O–H groups in total. The molecule has 3 heteroatoms. The minimum Gasteiger partial charge on any atom is -0.378 e. The number of ether oxygens (including phenoxy) is 2. The predicted octanol–water partition coefficient (Wildman–Crippen LogP) is 2.68. The molecule has 2 heterocycles. The Balaban J connectivity index is 1.59. The largest absolute Gasteiger partial charge is 0.378 e. The van der Waals surface area contributed by atoms with Crippen LogP contribution in [0, 0.1) is 0 Å². The van der Waals surface area contributed by atoms with Gasteiger partial charge in [-0.15, -0.1) is 0 Å². The highest BCUT2D eigenvalue weighted by molar-refractivity contribution is 5.34. The molecule has 3 nitrogen and oxygen atoms in total. The maximum absolute atomic E-state index is 6.27. The summed E-state index contributed by atoms with van der Waals surface area (Å²) in [5.41, 5.74) is 10.1. The molecule has 3 rings (SSSR count). The number of rotatable bonds is 4. The van der Waals surface area contributed by atoms with Crippen molar-refractivity contribution in [1.82, 2.24) is 0 Å². The summed E-state index contributed by atoms with van der Waals surface area (Å²) in [6.45, 7) is 2.42. The third kappa shape index (κ3) is 2.58. The molecule has 98 valence electrons. The van der Waals surface area contributed by atoms with E-state index >= 15 is 0 Å². The van der Waals surface area contributed by atoms with Crippen molar-refractivity contribution in [3.05, 3.63) is 34.9 Å². The Hall–Kier alpha value is -0.900. The van der Waals surface area contributed by atoms with E-state index in [1.54, 1.807) is 0 Å². The Morgan fingerprint density at radius 3 is 3.00 bits per heavy atom. The number of fused-ring (bicyclic) bond motifs is 1. The monoisotopic (exact) mass is 247 g/mol. The molecule has 0 bridgehead atoms. The number of nitrogens with two attached hydrogens (primary N) is 1. The molecule has 0 aromatic heterocycles. The van der Waals surface area contributed by atoms with Gasteiger partial charge in [-0.2, -0.15) is 0 Å². The molecule has 18 heavy (non-hydrogen) atoms. The molecule has 1 aromatic carbocycles. The van der Waals surface area contributed by atoms with Gasteiger partial charge in [0, 0.05) is 12.6 Å². The molecule has 1 fully saturated rings. The summed E-state index contributed by atoms with van der Waals surface area (Å²) >= 11 is 0. The lowest BCUT2D eigenvalue weighted by Crippen LogP contribution is -2.14. The van der Waals surface area contributed by atoms with E-state index in [9.17, 15) is 0 Å². The van der Waals surface area contributed by atoms with E-state index in [-0.39, 0.29) is 6.04 Å². The van der Waals surface area contributed by atoms with Crippen LogP contribution in [0.5, 0.6) is 0 Å². The fourth-order valence-corrected chi connectivity index (χ4v) is 2.83. The molecule has 2 aliphatic rings. The molecule has 0 amide bonds. The van der Waals surface area contributed by atoms with Crippen molar-refractivity contribution in [2.45, 2.75) is 51.0 Å². The van der Waals surface area contributed by atoms with E-state index < -0.39 is 0 Å². The smallest absolute Gasteiger partial charge is 0.0725 e. The van der Waals surface area contributed by atoms with Crippen molar-refractivity contribution in [2.75, 3.05) is 6.61 Å². The Morgan fingerprint density at radius 2 is 2.17 bits per heavy atom.